The molecule has 0 aromatic carbocycles. The van der Waals surface area contributed by atoms with Gasteiger partial charge >= 0.3 is 6.09 Å². The maximum absolute atomic E-state index is 8.78. The van der Waals surface area contributed by atoms with Gasteiger partial charge < -0.3 is 10.8 Å². The summed E-state index contributed by atoms with van der Waals surface area (Å²) in [4.78, 5) is 20.5. The average molecular weight is 198 g/mol. The molecule has 1 amide bonds. The van der Waals surface area contributed by atoms with E-state index in [4.69, 9.17) is 9.90 Å². The van der Waals surface area contributed by atoms with E-state index in [1.807, 2.05) is 0 Å². The standard InChI is InChI=1S/C7H11N3.CH3NO2/c1-2-3-4-7-9-5-8-6-10-7;2-1(3)4/h5-6H,2-4H2,1H3;2H2,(H,3,4). The smallest absolute Gasteiger partial charge is 0.402 e. The highest BCUT2D eigenvalue weighted by atomic mass is 16.4. The van der Waals surface area contributed by atoms with Gasteiger partial charge in [-0.25, -0.2) is 19.7 Å². The van der Waals surface area contributed by atoms with Crippen LogP contribution in [-0.4, -0.2) is 26.2 Å². The number of primary amides is 1. The van der Waals surface area contributed by atoms with Crippen molar-refractivity contribution in [2.24, 2.45) is 5.73 Å². The molecule has 14 heavy (non-hydrogen) atoms. The van der Waals surface area contributed by atoms with Crippen LogP contribution in [0.25, 0.3) is 0 Å². The predicted octanol–water partition coefficient (Wildman–Crippen LogP) is 0.837. The van der Waals surface area contributed by atoms with E-state index in [2.05, 4.69) is 27.6 Å². The van der Waals surface area contributed by atoms with Crippen molar-refractivity contribution in [3.63, 3.8) is 0 Å². The van der Waals surface area contributed by atoms with Crippen molar-refractivity contribution in [3.8, 4) is 0 Å². The van der Waals surface area contributed by atoms with Crippen LogP contribution in [-0.2, 0) is 6.42 Å². The van der Waals surface area contributed by atoms with Crippen LogP contribution < -0.4 is 5.73 Å². The summed E-state index contributed by atoms with van der Waals surface area (Å²) < 4.78 is 0. The van der Waals surface area contributed by atoms with E-state index in [0.717, 1.165) is 18.7 Å². The van der Waals surface area contributed by atoms with Gasteiger partial charge in [-0.05, 0) is 6.42 Å². The Balaban J connectivity index is 0.000000364. The van der Waals surface area contributed by atoms with Crippen LogP contribution >= 0.6 is 0 Å². The lowest BCUT2D eigenvalue weighted by Gasteiger charge is -1.93. The first-order chi connectivity index (χ1) is 6.66. The third-order valence-corrected chi connectivity index (χ3v) is 1.30. The molecule has 3 N–H and O–H groups in total. The minimum atomic E-state index is -1.33. The largest absolute Gasteiger partial charge is 0.465 e. The number of aryl methyl sites for hydroxylation is 1. The molecule has 0 atom stereocenters. The van der Waals surface area contributed by atoms with E-state index in [0.29, 0.717) is 0 Å². The molecule has 0 saturated heterocycles. The van der Waals surface area contributed by atoms with Crippen LogP contribution in [0.3, 0.4) is 0 Å². The van der Waals surface area contributed by atoms with Crippen LogP contribution in [0.2, 0.25) is 0 Å². The van der Waals surface area contributed by atoms with E-state index in [1.165, 1.54) is 19.1 Å². The molecule has 6 nitrogen and oxygen atoms in total. The van der Waals surface area contributed by atoms with E-state index in [-0.39, 0.29) is 0 Å². The Labute approximate surface area is 82.2 Å². The third-order valence-electron chi connectivity index (χ3n) is 1.30. The van der Waals surface area contributed by atoms with Crippen LogP contribution in [0.4, 0.5) is 4.79 Å². The van der Waals surface area contributed by atoms with Crippen molar-refractivity contribution in [3.05, 3.63) is 18.5 Å². The van der Waals surface area contributed by atoms with Crippen molar-refractivity contribution in [1.82, 2.24) is 15.0 Å². The molecule has 1 heterocycles. The first-order valence-corrected chi connectivity index (χ1v) is 4.26. The van der Waals surface area contributed by atoms with Gasteiger partial charge in [0.2, 0.25) is 0 Å². The molecule has 0 aliphatic carbocycles. The zero-order valence-corrected chi connectivity index (χ0v) is 8.05. The zero-order valence-electron chi connectivity index (χ0n) is 8.05. The Morgan fingerprint density at radius 1 is 1.50 bits per heavy atom. The molecular weight excluding hydrogens is 184 g/mol. The predicted molar refractivity (Wildman–Crippen MR) is 50.7 cm³/mol. The molecule has 1 aromatic rings. The molecule has 6 heteroatoms. The number of carboxylic acid groups (broad SMARTS) is 1. The number of unbranched alkanes of at least 4 members (excludes halogenated alkanes) is 1. The van der Waals surface area contributed by atoms with Crippen molar-refractivity contribution >= 4 is 6.09 Å². The average Bonchev–Trinajstić information content (AvgIpc) is 2.15. The lowest BCUT2D eigenvalue weighted by atomic mass is 10.2. The number of nitrogens with zero attached hydrogens (tertiary/aromatic N) is 3. The highest BCUT2D eigenvalue weighted by molar-refractivity contribution is 5.61. The fourth-order valence-corrected chi connectivity index (χ4v) is 0.727. The Bertz CT molecular complexity index is 249. The van der Waals surface area contributed by atoms with Crippen LogP contribution in [0.15, 0.2) is 12.7 Å². The molecule has 0 spiro atoms. The molecule has 0 saturated carbocycles. The van der Waals surface area contributed by atoms with E-state index in [1.54, 1.807) is 0 Å². The molecule has 0 radical (unpaired) electrons. The van der Waals surface area contributed by atoms with Gasteiger partial charge in [0.15, 0.2) is 0 Å². The summed E-state index contributed by atoms with van der Waals surface area (Å²) in [5.74, 6) is 0.900. The second-order valence-electron chi connectivity index (χ2n) is 2.50. The highest BCUT2D eigenvalue weighted by Crippen LogP contribution is 1.94. The van der Waals surface area contributed by atoms with Crippen LogP contribution in [0.1, 0.15) is 25.6 Å². The Morgan fingerprint density at radius 2 is 2.00 bits per heavy atom. The Hall–Kier alpha value is -1.72. The molecule has 0 unspecified atom stereocenters. The lowest BCUT2D eigenvalue weighted by Crippen LogP contribution is -2.03. The van der Waals surface area contributed by atoms with Gasteiger partial charge in [0.1, 0.15) is 18.5 Å². The summed E-state index contributed by atoms with van der Waals surface area (Å²) in [7, 11) is 0. The summed E-state index contributed by atoms with van der Waals surface area (Å²) in [6, 6.07) is 0. The van der Waals surface area contributed by atoms with Gasteiger partial charge in [0.25, 0.3) is 0 Å². The van der Waals surface area contributed by atoms with Crippen molar-refractivity contribution in [2.75, 3.05) is 0 Å². The molecule has 1 aromatic heterocycles. The van der Waals surface area contributed by atoms with Gasteiger partial charge in [-0.2, -0.15) is 0 Å². The number of rotatable bonds is 3. The van der Waals surface area contributed by atoms with Crippen molar-refractivity contribution in [2.45, 2.75) is 26.2 Å². The maximum Gasteiger partial charge on any atom is 0.402 e. The van der Waals surface area contributed by atoms with E-state index < -0.39 is 6.09 Å². The maximum atomic E-state index is 8.78. The molecule has 0 bridgehead atoms. The quantitative estimate of drug-likeness (QED) is 0.749. The van der Waals surface area contributed by atoms with Crippen molar-refractivity contribution < 1.29 is 9.90 Å². The lowest BCUT2D eigenvalue weighted by molar-refractivity contribution is 0.205. The van der Waals surface area contributed by atoms with Gasteiger partial charge in [0.05, 0.1) is 0 Å². The summed E-state index contributed by atoms with van der Waals surface area (Å²) in [6.45, 7) is 2.15. The number of aromatic nitrogens is 3. The summed E-state index contributed by atoms with van der Waals surface area (Å²) in [6.07, 6.45) is 5.06. The molecule has 1 rings (SSSR count). The monoisotopic (exact) mass is 198 g/mol. The van der Waals surface area contributed by atoms with Gasteiger partial charge in [-0.15, -0.1) is 0 Å². The van der Waals surface area contributed by atoms with Crippen molar-refractivity contribution in [1.29, 1.82) is 0 Å². The number of carbonyl (C=O) groups is 1. The fourth-order valence-electron chi connectivity index (χ4n) is 0.727. The fraction of sp³-hybridized carbons (Fsp3) is 0.500. The second kappa shape index (κ2) is 7.90. The molecule has 0 aliphatic heterocycles. The zero-order chi connectivity index (χ0) is 10.8. The molecule has 0 fully saturated rings. The molecule has 0 aliphatic rings. The second-order valence-corrected chi connectivity index (χ2v) is 2.50. The van der Waals surface area contributed by atoms with E-state index >= 15 is 0 Å². The highest BCUT2D eigenvalue weighted by Gasteiger charge is 1.91. The normalized spacial score (nSPS) is 8.64. The first-order valence-electron chi connectivity index (χ1n) is 4.26. The van der Waals surface area contributed by atoms with Gasteiger partial charge in [0, 0.05) is 6.42 Å². The van der Waals surface area contributed by atoms with Crippen LogP contribution in [0, 0.1) is 0 Å². The molecule has 78 valence electrons. The number of nitrogens with two attached hydrogens (primary N) is 1. The summed E-state index contributed by atoms with van der Waals surface area (Å²) in [5.41, 5.74) is 4.03. The Kier molecular flexibility index (Phi) is 6.93. The summed E-state index contributed by atoms with van der Waals surface area (Å²) in [5, 5.41) is 7.19. The number of amides is 1. The Morgan fingerprint density at radius 3 is 2.43 bits per heavy atom. The third kappa shape index (κ3) is 8.38. The first kappa shape index (κ1) is 12.3. The summed E-state index contributed by atoms with van der Waals surface area (Å²) >= 11 is 0. The minimum absolute atomic E-state index is 0.900. The minimum Gasteiger partial charge on any atom is -0.465 e. The number of hydrogen-bond acceptors (Lipinski definition) is 4. The number of hydrogen-bond donors (Lipinski definition) is 2. The van der Waals surface area contributed by atoms with Gasteiger partial charge in [-0.3, -0.25) is 0 Å². The molecular formula is C8H14N4O2. The topological polar surface area (TPSA) is 102 Å². The van der Waals surface area contributed by atoms with Gasteiger partial charge in [-0.1, -0.05) is 13.3 Å². The van der Waals surface area contributed by atoms with Crippen LogP contribution in [0.5, 0.6) is 0 Å². The van der Waals surface area contributed by atoms with E-state index in [9.17, 15) is 0 Å². The SMILES string of the molecule is CCCCc1ncncn1.NC(=O)O.